The highest BCUT2D eigenvalue weighted by molar-refractivity contribution is 5.81. The normalized spacial score (nSPS) is 24.7. The van der Waals surface area contributed by atoms with Gasteiger partial charge in [0.05, 0.1) is 6.54 Å². The fourth-order valence-electron chi connectivity index (χ4n) is 0.756. The van der Waals surface area contributed by atoms with Crippen LogP contribution in [0.25, 0.3) is 0 Å². The van der Waals surface area contributed by atoms with Crippen molar-refractivity contribution in [1.82, 2.24) is 5.06 Å². The van der Waals surface area contributed by atoms with Crippen LogP contribution in [0.5, 0.6) is 0 Å². The van der Waals surface area contributed by atoms with Gasteiger partial charge in [0.15, 0.2) is 0 Å². The molecule has 70 valence electrons. The number of carbonyl (C=O) groups is 1. The lowest BCUT2D eigenvalue weighted by molar-refractivity contribution is -0.217. The molecule has 1 amide bonds. The van der Waals surface area contributed by atoms with Crippen molar-refractivity contribution in [3.63, 3.8) is 0 Å². The molecule has 1 atom stereocenters. The van der Waals surface area contributed by atoms with Gasteiger partial charge < -0.3 is 5.11 Å². The Balaban J connectivity index is 2.55. The molecular weight excluding hydrogens is 179 g/mol. The minimum absolute atomic E-state index is 0.116. The number of hydrogen-bond acceptors (Lipinski definition) is 3. The summed E-state index contributed by atoms with van der Waals surface area (Å²) >= 11 is 0. The molecule has 4 nitrogen and oxygen atoms in total. The van der Waals surface area contributed by atoms with Crippen LogP contribution in [-0.4, -0.2) is 41.5 Å². The standard InChI is InChI=1S/C5H6F3NO3/c6-5(7,8)4(11)9-1-3(10)2-12-9/h3,10H,1-2H2/t3-/m0/s1. The number of β-amino-alcohol motifs (C(OH)–C–C–N with tert-alkyl or cyclic N) is 1. The van der Waals surface area contributed by atoms with Gasteiger partial charge in [-0.2, -0.15) is 13.2 Å². The Bertz CT molecular complexity index is 193. The third kappa shape index (κ3) is 1.86. The Morgan fingerprint density at radius 1 is 1.58 bits per heavy atom. The van der Waals surface area contributed by atoms with Crippen molar-refractivity contribution < 1.29 is 27.9 Å². The number of aliphatic hydroxyl groups excluding tert-OH is 1. The topological polar surface area (TPSA) is 49.8 Å². The predicted octanol–water partition coefficient (Wildman–Crippen LogP) is -0.317. The van der Waals surface area contributed by atoms with Crippen molar-refractivity contribution in [2.45, 2.75) is 12.3 Å². The predicted molar refractivity (Wildman–Crippen MR) is 29.7 cm³/mol. The zero-order valence-corrected chi connectivity index (χ0v) is 5.84. The zero-order chi connectivity index (χ0) is 9.35. The second-order valence-electron chi connectivity index (χ2n) is 2.31. The fraction of sp³-hybridized carbons (Fsp3) is 0.800. The SMILES string of the molecule is O=C(N1C[C@H](O)CO1)C(F)(F)F. The van der Waals surface area contributed by atoms with Gasteiger partial charge in [0.25, 0.3) is 0 Å². The third-order valence-electron chi connectivity index (χ3n) is 1.27. The van der Waals surface area contributed by atoms with Gasteiger partial charge in [-0.1, -0.05) is 0 Å². The summed E-state index contributed by atoms with van der Waals surface area (Å²) < 4.78 is 35.0. The molecule has 0 spiro atoms. The molecule has 1 rings (SSSR count). The van der Waals surface area contributed by atoms with Gasteiger partial charge in [0.1, 0.15) is 12.7 Å². The summed E-state index contributed by atoms with van der Waals surface area (Å²) in [6.45, 7) is -0.708. The summed E-state index contributed by atoms with van der Waals surface area (Å²) in [5, 5.41) is 8.84. The summed E-state index contributed by atoms with van der Waals surface area (Å²) in [6.07, 6.45) is -5.97. The lowest BCUT2D eigenvalue weighted by Crippen LogP contribution is -2.39. The van der Waals surface area contributed by atoms with Crippen LogP contribution in [0.15, 0.2) is 0 Å². The van der Waals surface area contributed by atoms with Crippen LogP contribution in [-0.2, 0) is 9.63 Å². The maximum absolute atomic E-state index is 11.7. The number of carbonyl (C=O) groups excluding carboxylic acids is 1. The van der Waals surface area contributed by atoms with Gasteiger partial charge in [-0.05, 0) is 0 Å². The monoisotopic (exact) mass is 185 g/mol. The van der Waals surface area contributed by atoms with Crippen molar-refractivity contribution in [3.05, 3.63) is 0 Å². The number of halogens is 3. The number of aliphatic hydroxyl groups is 1. The molecule has 0 radical (unpaired) electrons. The number of hydroxylamine groups is 2. The molecule has 0 bridgehead atoms. The number of hydrogen-bond donors (Lipinski definition) is 1. The fourth-order valence-corrected chi connectivity index (χ4v) is 0.756. The highest BCUT2D eigenvalue weighted by Gasteiger charge is 2.45. The largest absolute Gasteiger partial charge is 0.473 e. The van der Waals surface area contributed by atoms with E-state index in [0.717, 1.165) is 0 Å². The number of nitrogens with zero attached hydrogens (tertiary/aromatic N) is 1. The van der Waals surface area contributed by atoms with Crippen molar-refractivity contribution >= 4 is 5.91 Å². The number of alkyl halides is 3. The minimum atomic E-state index is -4.94. The second kappa shape index (κ2) is 2.91. The Morgan fingerprint density at radius 2 is 2.17 bits per heavy atom. The van der Waals surface area contributed by atoms with Crippen LogP contribution >= 0.6 is 0 Å². The maximum atomic E-state index is 11.7. The average Bonchev–Trinajstić information content (AvgIpc) is 2.32. The summed E-state index contributed by atoms with van der Waals surface area (Å²) in [7, 11) is 0. The molecule has 1 fully saturated rings. The molecule has 0 aromatic carbocycles. The summed E-state index contributed by atoms with van der Waals surface area (Å²) in [5.74, 6) is -2.08. The van der Waals surface area contributed by atoms with Gasteiger partial charge in [-0.3, -0.25) is 9.63 Å². The smallest absolute Gasteiger partial charge is 0.389 e. The molecule has 0 saturated carbocycles. The lowest BCUT2D eigenvalue weighted by Gasteiger charge is -2.14. The van der Waals surface area contributed by atoms with Crippen LogP contribution in [0.4, 0.5) is 13.2 Å². The molecule has 0 unspecified atom stereocenters. The van der Waals surface area contributed by atoms with Crippen LogP contribution in [0, 0.1) is 0 Å². The van der Waals surface area contributed by atoms with Crippen LogP contribution in [0.1, 0.15) is 0 Å². The van der Waals surface area contributed by atoms with E-state index in [1.165, 1.54) is 0 Å². The quantitative estimate of drug-likeness (QED) is 0.562. The second-order valence-corrected chi connectivity index (χ2v) is 2.31. The molecule has 0 aromatic rings. The zero-order valence-electron chi connectivity index (χ0n) is 5.84. The molecule has 1 aliphatic rings. The van der Waals surface area contributed by atoms with Crippen LogP contribution < -0.4 is 0 Å². The molecule has 1 heterocycles. The Kier molecular flexibility index (Phi) is 2.25. The van der Waals surface area contributed by atoms with E-state index < -0.39 is 24.7 Å². The molecule has 0 aromatic heterocycles. The summed E-state index contributed by atoms with van der Waals surface area (Å²) in [4.78, 5) is 14.6. The number of rotatable bonds is 0. The molecule has 1 N–H and O–H groups in total. The first-order valence-electron chi connectivity index (χ1n) is 3.11. The van der Waals surface area contributed by atoms with E-state index in [4.69, 9.17) is 5.11 Å². The van der Waals surface area contributed by atoms with Crippen molar-refractivity contribution in [1.29, 1.82) is 0 Å². The van der Waals surface area contributed by atoms with Crippen LogP contribution in [0.2, 0.25) is 0 Å². The van der Waals surface area contributed by atoms with Crippen molar-refractivity contribution in [3.8, 4) is 0 Å². The Morgan fingerprint density at radius 3 is 2.50 bits per heavy atom. The van der Waals surface area contributed by atoms with E-state index in [1.54, 1.807) is 0 Å². The van der Waals surface area contributed by atoms with E-state index in [2.05, 4.69) is 4.84 Å². The Labute approximate surface area is 65.5 Å². The van der Waals surface area contributed by atoms with Gasteiger partial charge in [-0.15, -0.1) is 0 Å². The first-order valence-corrected chi connectivity index (χ1v) is 3.11. The first kappa shape index (κ1) is 9.27. The highest BCUT2D eigenvalue weighted by Crippen LogP contribution is 2.20. The maximum Gasteiger partial charge on any atom is 0.473 e. The summed E-state index contributed by atoms with van der Waals surface area (Å²) in [6, 6.07) is 0. The molecule has 12 heavy (non-hydrogen) atoms. The Hall–Kier alpha value is -0.820. The van der Waals surface area contributed by atoms with Gasteiger partial charge in [0.2, 0.25) is 0 Å². The summed E-state index contributed by atoms with van der Waals surface area (Å²) in [5.41, 5.74) is 0. The van der Waals surface area contributed by atoms with Gasteiger partial charge >= 0.3 is 12.1 Å². The van der Waals surface area contributed by atoms with E-state index in [-0.39, 0.29) is 11.7 Å². The van der Waals surface area contributed by atoms with Gasteiger partial charge in [-0.25, -0.2) is 5.06 Å². The first-order chi connectivity index (χ1) is 5.41. The molecule has 7 heteroatoms. The van der Waals surface area contributed by atoms with E-state index in [1.807, 2.05) is 0 Å². The molecule has 1 aliphatic heterocycles. The van der Waals surface area contributed by atoms with E-state index in [0.29, 0.717) is 0 Å². The van der Waals surface area contributed by atoms with E-state index in [9.17, 15) is 18.0 Å². The van der Waals surface area contributed by atoms with E-state index >= 15 is 0 Å². The van der Waals surface area contributed by atoms with Crippen molar-refractivity contribution in [2.75, 3.05) is 13.2 Å². The van der Waals surface area contributed by atoms with Crippen molar-refractivity contribution in [2.24, 2.45) is 0 Å². The molecule has 1 saturated heterocycles. The van der Waals surface area contributed by atoms with Gasteiger partial charge in [0, 0.05) is 0 Å². The number of amides is 1. The molecular formula is C5H6F3NO3. The average molecular weight is 185 g/mol. The molecule has 0 aliphatic carbocycles. The lowest BCUT2D eigenvalue weighted by atomic mass is 10.4. The van der Waals surface area contributed by atoms with Crippen LogP contribution in [0.3, 0.4) is 0 Å². The third-order valence-corrected chi connectivity index (χ3v) is 1.27. The highest BCUT2D eigenvalue weighted by atomic mass is 19.4. The minimum Gasteiger partial charge on any atom is -0.389 e.